The van der Waals surface area contributed by atoms with Gasteiger partial charge in [0.1, 0.15) is 0 Å². The molecule has 29 heavy (non-hydrogen) atoms. The fraction of sp³-hybridized carbons (Fsp3) is 0.105. The number of rotatable bonds is 5. The van der Waals surface area contributed by atoms with E-state index < -0.39 is 11.0 Å². The zero-order chi connectivity index (χ0) is 20.4. The molecule has 0 saturated heterocycles. The number of amides is 1. The summed E-state index contributed by atoms with van der Waals surface area (Å²) in [5, 5.41) is 26.8. The van der Waals surface area contributed by atoms with E-state index in [1.165, 1.54) is 28.5 Å². The van der Waals surface area contributed by atoms with E-state index in [2.05, 4.69) is 20.3 Å². The molecule has 1 aromatic heterocycles. The summed E-state index contributed by atoms with van der Waals surface area (Å²) in [6.45, 7) is 1.71. The number of hydrogen-bond acceptors (Lipinski definition) is 8. The molecule has 1 aliphatic heterocycles. The second kappa shape index (κ2) is 7.68. The molecule has 0 fully saturated rings. The molecule has 0 aliphatic carbocycles. The molecule has 144 valence electrons. The Morgan fingerprint density at radius 2 is 1.97 bits per heavy atom. The van der Waals surface area contributed by atoms with Crippen molar-refractivity contribution in [3.05, 3.63) is 70.1 Å². The van der Waals surface area contributed by atoms with E-state index in [0.717, 1.165) is 0 Å². The van der Waals surface area contributed by atoms with Crippen molar-refractivity contribution in [2.75, 3.05) is 5.01 Å². The van der Waals surface area contributed by atoms with Crippen LogP contribution in [0.15, 0.2) is 75.3 Å². The lowest BCUT2D eigenvalue weighted by atomic mass is 10.1. The number of carbonyl (C=O) groups excluding carboxylic acids is 1. The number of thiazole rings is 1. The molecule has 2 heterocycles. The minimum absolute atomic E-state index is 0.0236. The number of carbonyl (C=O) groups is 1. The van der Waals surface area contributed by atoms with Crippen LogP contribution in [-0.2, 0) is 4.79 Å². The van der Waals surface area contributed by atoms with E-state index in [4.69, 9.17) is 0 Å². The van der Waals surface area contributed by atoms with E-state index in [9.17, 15) is 14.9 Å². The first kappa shape index (κ1) is 18.6. The minimum atomic E-state index is -0.805. The molecule has 2 aromatic carbocycles. The van der Waals surface area contributed by atoms with Gasteiger partial charge in [0.05, 0.1) is 22.0 Å². The third-order valence-electron chi connectivity index (χ3n) is 4.17. The van der Waals surface area contributed by atoms with Crippen molar-refractivity contribution in [2.45, 2.75) is 13.0 Å². The van der Waals surface area contributed by atoms with E-state index in [1.54, 1.807) is 36.6 Å². The van der Waals surface area contributed by atoms with Gasteiger partial charge in [-0.25, -0.2) is 4.98 Å². The maximum atomic E-state index is 12.8. The molecule has 0 bridgehead atoms. The van der Waals surface area contributed by atoms with Gasteiger partial charge in [0, 0.05) is 23.1 Å². The number of benzene rings is 2. The zero-order valence-corrected chi connectivity index (χ0v) is 16.0. The van der Waals surface area contributed by atoms with Gasteiger partial charge in [-0.2, -0.15) is 20.3 Å². The van der Waals surface area contributed by atoms with Gasteiger partial charge >= 0.3 is 0 Å². The summed E-state index contributed by atoms with van der Waals surface area (Å²) >= 11 is 1.22. The Labute approximate surface area is 169 Å². The van der Waals surface area contributed by atoms with Crippen LogP contribution in [-0.4, -0.2) is 27.6 Å². The molecule has 1 amide bonds. The predicted octanol–water partition coefficient (Wildman–Crippen LogP) is 4.59. The Morgan fingerprint density at radius 3 is 2.72 bits per heavy atom. The van der Waals surface area contributed by atoms with Crippen LogP contribution in [0.2, 0.25) is 0 Å². The van der Waals surface area contributed by atoms with Gasteiger partial charge in [0.2, 0.25) is 5.13 Å². The summed E-state index contributed by atoms with van der Waals surface area (Å²) in [5.74, 6) is -0.345. The molecule has 0 spiro atoms. The van der Waals surface area contributed by atoms with Gasteiger partial charge in [-0.15, -0.1) is 11.3 Å². The second-order valence-electron chi connectivity index (χ2n) is 6.17. The van der Waals surface area contributed by atoms with E-state index in [0.29, 0.717) is 27.8 Å². The van der Waals surface area contributed by atoms with E-state index >= 15 is 0 Å². The number of non-ortho nitro benzene ring substituents is 1. The monoisotopic (exact) mass is 406 g/mol. The number of nitro benzene ring substituents is 1. The first-order chi connectivity index (χ1) is 14.0. The molecule has 1 unspecified atom stereocenters. The Bertz CT molecular complexity index is 1140. The van der Waals surface area contributed by atoms with Crippen molar-refractivity contribution < 1.29 is 9.72 Å². The number of hydrazone groups is 1. The maximum absolute atomic E-state index is 12.8. The molecule has 1 atom stereocenters. The highest BCUT2D eigenvalue weighted by atomic mass is 32.1. The number of hydrogen-bond donors (Lipinski definition) is 0. The predicted molar refractivity (Wildman–Crippen MR) is 110 cm³/mol. The quantitative estimate of drug-likeness (QED) is 0.350. The highest BCUT2D eigenvalue weighted by Crippen LogP contribution is 2.31. The summed E-state index contributed by atoms with van der Waals surface area (Å²) in [6.07, 6.45) is 0. The number of azo groups is 1. The van der Waals surface area contributed by atoms with Crippen molar-refractivity contribution in [1.29, 1.82) is 0 Å². The summed E-state index contributed by atoms with van der Waals surface area (Å²) in [7, 11) is 0. The summed E-state index contributed by atoms with van der Waals surface area (Å²) < 4.78 is 0. The Kier molecular flexibility index (Phi) is 4.92. The smallest absolute Gasteiger partial charge is 0.269 e. The van der Waals surface area contributed by atoms with Crippen molar-refractivity contribution in [1.82, 2.24) is 4.98 Å². The fourth-order valence-corrected chi connectivity index (χ4v) is 3.51. The topological polar surface area (TPSA) is 113 Å². The molecule has 3 aromatic rings. The zero-order valence-electron chi connectivity index (χ0n) is 15.2. The van der Waals surface area contributed by atoms with Crippen LogP contribution in [0.25, 0.3) is 11.3 Å². The second-order valence-corrected chi connectivity index (χ2v) is 7.00. The van der Waals surface area contributed by atoms with Gasteiger partial charge < -0.3 is 0 Å². The van der Waals surface area contributed by atoms with Crippen molar-refractivity contribution >= 4 is 39.5 Å². The molecule has 4 rings (SSSR count). The van der Waals surface area contributed by atoms with Gasteiger partial charge in [-0.05, 0) is 19.1 Å². The highest BCUT2D eigenvalue weighted by Gasteiger charge is 2.36. The molecule has 0 N–H and O–H groups in total. The lowest BCUT2D eigenvalue weighted by Crippen LogP contribution is -2.29. The van der Waals surface area contributed by atoms with Gasteiger partial charge in [-0.1, -0.05) is 30.3 Å². The Hall–Kier alpha value is -3.79. The molecule has 0 radical (unpaired) electrons. The van der Waals surface area contributed by atoms with Gasteiger partial charge in [-0.3, -0.25) is 14.9 Å². The lowest BCUT2D eigenvalue weighted by molar-refractivity contribution is -0.384. The molecule has 9 nitrogen and oxygen atoms in total. The summed E-state index contributed by atoms with van der Waals surface area (Å²) in [4.78, 5) is 27.7. The van der Waals surface area contributed by atoms with Crippen LogP contribution in [0.5, 0.6) is 0 Å². The normalized spacial score (nSPS) is 16.4. The standard InChI is InChI=1S/C19H14N6O3S/c1-12-17(22-21-14-7-3-2-4-8-14)18(26)24(23-12)19-20-16(11-29-19)13-6-5-9-15(10-13)25(27)28/h2-11,17H,1H3. The van der Waals surface area contributed by atoms with Crippen LogP contribution in [0.4, 0.5) is 16.5 Å². The number of nitrogens with zero attached hydrogens (tertiary/aromatic N) is 6. The third kappa shape index (κ3) is 3.78. The first-order valence-electron chi connectivity index (χ1n) is 8.58. The number of anilines is 1. The molecular formula is C19H14N6O3S. The van der Waals surface area contributed by atoms with Crippen LogP contribution in [0.1, 0.15) is 6.92 Å². The molecular weight excluding hydrogens is 392 g/mol. The summed E-state index contributed by atoms with van der Waals surface area (Å²) in [6, 6.07) is 14.5. The SMILES string of the molecule is CC1=NN(c2nc(-c3cccc([N+](=O)[O-])c3)cs2)C(=O)C1N=Nc1ccccc1. The van der Waals surface area contributed by atoms with Crippen LogP contribution in [0, 0.1) is 10.1 Å². The van der Waals surface area contributed by atoms with Crippen molar-refractivity contribution in [2.24, 2.45) is 15.3 Å². The fourth-order valence-electron chi connectivity index (χ4n) is 2.72. The average molecular weight is 406 g/mol. The first-order valence-corrected chi connectivity index (χ1v) is 9.46. The van der Waals surface area contributed by atoms with Gasteiger partial charge in [0.25, 0.3) is 11.6 Å². The Balaban J connectivity index is 1.56. The Morgan fingerprint density at radius 1 is 1.17 bits per heavy atom. The van der Waals surface area contributed by atoms with Crippen molar-refractivity contribution in [3.8, 4) is 11.3 Å². The van der Waals surface area contributed by atoms with Crippen molar-refractivity contribution in [3.63, 3.8) is 0 Å². The van der Waals surface area contributed by atoms with E-state index in [1.807, 2.05) is 18.2 Å². The maximum Gasteiger partial charge on any atom is 0.282 e. The summed E-state index contributed by atoms with van der Waals surface area (Å²) in [5.41, 5.74) is 2.26. The minimum Gasteiger partial charge on any atom is -0.269 e. The van der Waals surface area contributed by atoms with Crippen LogP contribution in [0.3, 0.4) is 0 Å². The highest BCUT2D eigenvalue weighted by molar-refractivity contribution is 7.14. The largest absolute Gasteiger partial charge is 0.282 e. The van der Waals surface area contributed by atoms with Crippen LogP contribution < -0.4 is 5.01 Å². The third-order valence-corrected chi connectivity index (χ3v) is 4.98. The molecule has 0 saturated carbocycles. The number of aromatic nitrogens is 1. The molecule has 1 aliphatic rings. The average Bonchev–Trinajstić information content (AvgIpc) is 3.32. The molecule has 10 heteroatoms. The lowest BCUT2D eigenvalue weighted by Gasteiger charge is -2.08. The number of nitro groups is 1. The van der Waals surface area contributed by atoms with Crippen LogP contribution >= 0.6 is 11.3 Å². The van der Waals surface area contributed by atoms with Gasteiger partial charge in [0.15, 0.2) is 6.04 Å². The van der Waals surface area contributed by atoms with E-state index in [-0.39, 0.29) is 11.6 Å².